The maximum Gasteiger partial charge on any atom is 0.115 e. The lowest BCUT2D eigenvalue weighted by molar-refractivity contribution is 0.102. The molecule has 1 heterocycles. The summed E-state index contributed by atoms with van der Waals surface area (Å²) in [4.78, 5) is 0. The van der Waals surface area contributed by atoms with Crippen LogP contribution in [-0.4, -0.2) is 14.9 Å². The van der Waals surface area contributed by atoms with Crippen molar-refractivity contribution >= 4 is 0 Å². The molecular formula is C15H20N2O. The van der Waals surface area contributed by atoms with Crippen LogP contribution >= 0.6 is 0 Å². The Morgan fingerprint density at radius 1 is 1.22 bits per heavy atom. The Morgan fingerprint density at radius 2 is 1.89 bits per heavy atom. The van der Waals surface area contributed by atoms with E-state index in [9.17, 15) is 5.11 Å². The summed E-state index contributed by atoms with van der Waals surface area (Å²) in [7, 11) is 0. The number of aromatic nitrogens is 2. The second-order valence-corrected chi connectivity index (χ2v) is 4.93. The number of aliphatic hydroxyl groups is 1. The van der Waals surface area contributed by atoms with Crippen molar-refractivity contribution in [2.45, 2.75) is 39.3 Å². The van der Waals surface area contributed by atoms with Crippen LogP contribution < -0.4 is 0 Å². The summed E-state index contributed by atoms with van der Waals surface area (Å²) in [6, 6.07) is 7.96. The van der Waals surface area contributed by atoms with Crippen LogP contribution in [-0.2, 0) is 12.1 Å². The van der Waals surface area contributed by atoms with Gasteiger partial charge in [-0.3, -0.25) is 4.68 Å². The predicted molar refractivity (Wildman–Crippen MR) is 72.4 cm³/mol. The van der Waals surface area contributed by atoms with Crippen LogP contribution in [0.2, 0.25) is 0 Å². The first kappa shape index (κ1) is 12.8. The van der Waals surface area contributed by atoms with Gasteiger partial charge < -0.3 is 5.11 Å². The predicted octanol–water partition coefficient (Wildman–Crippen LogP) is 2.86. The Kier molecular flexibility index (Phi) is 3.53. The standard InChI is InChI=1S/C15H20N2O/c1-4-9-17-11-14(10-16-17)15(3,18)13-7-5-12(2)6-8-13/h5-8,10-11,18H,4,9H2,1-3H3. The Morgan fingerprint density at radius 3 is 2.50 bits per heavy atom. The summed E-state index contributed by atoms with van der Waals surface area (Å²) < 4.78 is 1.87. The van der Waals surface area contributed by atoms with Crippen molar-refractivity contribution in [2.75, 3.05) is 0 Å². The first-order chi connectivity index (χ1) is 8.54. The van der Waals surface area contributed by atoms with E-state index in [1.54, 1.807) is 6.20 Å². The lowest BCUT2D eigenvalue weighted by Gasteiger charge is -2.22. The van der Waals surface area contributed by atoms with Gasteiger partial charge in [0.1, 0.15) is 5.60 Å². The van der Waals surface area contributed by atoms with Crippen molar-refractivity contribution < 1.29 is 5.11 Å². The Hall–Kier alpha value is -1.61. The van der Waals surface area contributed by atoms with Crippen molar-refractivity contribution in [1.82, 2.24) is 9.78 Å². The zero-order valence-corrected chi connectivity index (χ0v) is 11.2. The molecule has 0 spiro atoms. The minimum atomic E-state index is -0.986. The van der Waals surface area contributed by atoms with Crippen LogP contribution in [0.1, 0.15) is 37.0 Å². The molecule has 0 radical (unpaired) electrons. The molecule has 18 heavy (non-hydrogen) atoms. The van der Waals surface area contributed by atoms with Gasteiger partial charge >= 0.3 is 0 Å². The quantitative estimate of drug-likeness (QED) is 0.898. The van der Waals surface area contributed by atoms with Crippen molar-refractivity contribution in [1.29, 1.82) is 0 Å². The van der Waals surface area contributed by atoms with Crippen molar-refractivity contribution in [3.05, 3.63) is 53.3 Å². The second kappa shape index (κ2) is 4.94. The molecule has 0 aliphatic carbocycles. The van der Waals surface area contributed by atoms with Gasteiger partial charge in [-0.1, -0.05) is 36.8 Å². The van der Waals surface area contributed by atoms with E-state index in [0.717, 1.165) is 24.1 Å². The van der Waals surface area contributed by atoms with E-state index in [-0.39, 0.29) is 0 Å². The van der Waals surface area contributed by atoms with Crippen molar-refractivity contribution in [3.63, 3.8) is 0 Å². The summed E-state index contributed by atoms with van der Waals surface area (Å²) in [6.07, 6.45) is 4.70. The van der Waals surface area contributed by atoms with E-state index in [1.165, 1.54) is 5.56 Å². The van der Waals surface area contributed by atoms with Gasteiger partial charge in [0.25, 0.3) is 0 Å². The fourth-order valence-electron chi connectivity index (χ4n) is 2.01. The highest BCUT2D eigenvalue weighted by Crippen LogP contribution is 2.28. The number of hydrogen-bond donors (Lipinski definition) is 1. The first-order valence-corrected chi connectivity index (χ1v) is 6.36. The highest BCUT2D eigenvalue weighted by atomic mass is 16.3. The molecule has 1 atom stereocenters. The van der Waals surface area contributed by atoms with E-state index < -0.39 is 5.60 Å². The van der Waals surface area contributed by atoms with Gasteiger partial charge in [-0.05, 0) is 25.8 Å². The van der Waals surface area contributed by atoms with Crippen LogP contribution in [0.25, 0.3) is 0 Å². The second-order valence-electron chi connectivity index (χ2n) is 4.93. The Bertz CT molecular complexity index is 512. The molecule has 1 aromatic heterocycles. The monoisotopic (exact) mass is 244 g/mol. The third kappa shape index (κ3) is 2.46. The van der Waals surface area contributed by atoms with Gasteiger partial charge in [-0.2, -0.15) is 5.10 Å². The normalized spacial score (nSPS) is 14.4. The Balaban J connectivity index is 2.31. The first-order valence-electron chi connectivity index (χ1n) is 6.36. The summed E-state index contributed by atoms with van der Waals surface area (Å²) in [5.74, 6) is 0. The van der Waals surface area contributed by atoms with Crippen LogP contribution in [0.5, 0.6) is 0 Å². The summed E-state index contributed by atoms with van der Waals surface area (Å²) in [5.41, 5.74) is 1.93. The van der Waals surface area contributed by atoms with Gasteiger partial charge in [0.2, 0.25) is 0 Å². The topological polar surface area (TPSA) is 38.0 Å². The molecule has 0 saturated heterocycles. The molecule has 0 saturated carbocycles. The number of rotatable bonds is 4. The molecule has 1 unspecified atom stereocenters. The molecular weight excluding hydrogens is 224 g/mol. The molecule has 1 aromatic carbocycles. The maximum absolute atomic E-state index is 10.7. The number of nitrogens with zero attached hydrogens (tertiary/aromatic N) is 2. The third-order valence-corrected chi connectivity index (χ3v) is 3.26. The number of aryl methyl sites for hydroxylation is 2. The van der Waals surface area contributed by atoms with Gasteiger partial charge in [-0.25, -0.2) is 0 Å². The van der Waals surface area contributed by atoms with Crippen LogP contribution in [0.4, 0.5) is 0 Å². The molecule has 2 aromatic rings. The average Bonchev–Trinajstić information content (AvgIpc) is 2.79. The fraction of sp³-hybridized carbons (Fsp3) is 0.400. The minimum absolute atomic E-state index is 0.833. The van der Waals surface area contributed by atoms with Gasteiger partial charge in [0.15, 0.2) is 0 Å². The number of hydrogen-bond acceptors (Lipinski definition) is 2. The summed E-state index contributed by atoms with van der Waals surface area (Å²) in [6.45, 7) is 6.84. The van der Waals surface area contributed by atoms with Gasteiger partial charge in [0, 0.05) is 18.3 Å². The van der Waals surface area contributed by atoms with E-state index >= 15 is 0 Å². The molecule has 3 heteroatoms. The van der Waals surface area contributed by atoms with E-state index in [2.05, 4.69) is 12.0 Å². The molecule has 0 aliphatic rings. The third-order valence-electron chi connectivity index (χ3n) is 3.26. The summed E-state index contributed by atoms with van der Waals surface area (Å²) in [5, 5.41) is 14.9. The smallest absolute Gasteiger partial charge is 0.115 e. The van der Waals surface area contributed by atoms with Crippen LogP contribution in [0.3, 0.4) is 0 Å². The SMILES string of the molecule is CCCn1cc(C(C)(O)c2ccc(C)cc2)cn1. The highest BCUT2D eigenvalue weighted by molar-refractivity contribution is 5.34. The molecule has 0 fully saturated rings. The molecule has 0 amide bonds. The number of benzene rings is 1. The maximum atomic E-state index is 10.7. The zero-order valence-electron chi connectivity index (χ0n) is 11.2. The lowest BCUT2D eigenvalue weighted by atomic mass is 9.90. The van der Waals surface area contributed by atoms with Crippen molar-refractivity contribution in [2.24, 2.45) is 0 Å². The summed E-state index contributed by atoms with van der Waals surface area (Å²) >= 11 is 0. The molecule has 96 valence electrons. The highest BCUT2D eigenvalue weighted by Gasteiger charge is 2.26. The fourth-order valence-corrected chi connectivity index (χ4v) is 2.01. The van der Waals surface area contributed by atoms with Crippen molar-refractivity contribution in [3.8, 4) is 0 Å². The minimum Gasteiger partial charge on any atom is -0.381 e. The van der Waals surface area contributed by atoms with Crippen LogP contribution in [0, 0.1) is 6.92 Å². The van der Waals surface area contributed by atoms with E-state index in [1.807, 2.05) is 49.0 Å². The molecule has 1 N–H and O–H groups in total. The van der Waals surface area contributed by atoms with Crippen LogP contribution in [0.15, 0.2) is 36.7 Å². The molecule has 0 bridgehead atoms. The lowest BCUT2D eigenvalue weighted by Crippen LogP contribution is -2.22. The van der Waals surface area contributed by atoms with Gasteiger partial charge in [0.05, 0.1) is 6.20 Å². The molecule has 3 nitrogen and oxygen atoms in total. The molecule has 2 rings (SSSR count). The van der Waals surface area contributed by atoms with E-state index in [4.69, 9.17) is 0 Å². The van der Waals surface area contributed by atoms with Gasteiger partial charge in [-0.15, -0.1) is 0 Å². The largest absolute Gasteiger partial charge is 0.381 e. The molecule has 0 aliphatic heterocycles. The average molecular weight is 244 g/mol. The van der Waals surface area contributed by atoms with E-state index in [0.29, 0.717) is 0 Å². The zero-order chi connectivity index (χ0) is 13.2. The Labute approximate surface area is 108 Å².